The van der Waals surface area contributed by atoms with Crippen LogP contribution in [-0.4, -0.2) is 37.4 Å². The fourth-order valence-corrected chi connectivity index (χ4v) is 3.01. The zero-order valence-electron chi connectivity index (χ0n) is 13.3. The molecule has 3 rings (SSSR count). The van der Waals surface area contributed by atoms with Crippen LogP contribution in [0.15, 0.2) is 18.2 Å². The Morgan fingerprint density at radius 1 is 1.24 bits per heavy atom. The van der Waals surface area contributed by atoms with Crippen LogP contribution in [0.5, 0.6) is 11.5 Å². The van der Waals surface area contributed by atoms with Gasteiger partial charge in [-0.25, -0.2) is 0 Å². The van der Waals surface area contributed by atoms with Gasteiger partial charge in [-0.3, -0.25) is 4.90 Å². The number of ether oxygens (including phenoxy) is 2. The Morgan fingerprint density at radius 2 is 2.05 bits per heavy atom. The highest BCUT2D eigenvalue weighted by Gasteiger charge is 2.28. The van der Waals surface area contributed by atoms with Gasteiger partial charge in [-0.05, 0) is 42.6 Å². The minimum Gasteiger partial charge on any atom is -0.454 e. The van der Waals surface area contributed by atoms with Crippen molar-refractivity contribution in [1.29, 1.82) is 0 Å². The van der Waals surface area contributed by atoms with Gasteiger partial charge in [0.05, 0.1) is 0 Å². The molecule has 21 heavy (non-hydrogen) atoms. The van der Waals surface area contributed by atoms with Crippen LogP contribution in [0.25, 0.3) is 0 Å². The minimum atomic E-state index is 0.289. The van der Waals surface area contributed by atoms with Crippen LogP contribution in [-0.2, 0) is 6.54 Å². The van der Waals surface area contributed by atoms with E-state index < -0.39 is 0 Å². The number of hydrogen-bond donors (Lipinski definition) is 1. The number of nitrogens with zero attached hydrogens (tertiary/aromatic N) is 1. The zero-order chi connectivity index (χ0) is 14.9. The first-order valence-electron chi connectivity index (χ1n) is 7.87. The second-order valence-corrected chi connectivity index (χ2v) is 7.15. The van der Waals surface area contributed by atoms with Crippen LogP contribution < -0.4 is 14.8 Å². The Balaban J connectivity index is 1.68. The molecule has 1 N–H and O–H groups in total. The molecule has 1 saturated heterocycles. The molecule has 0 aromatic heterocycles. The molecule has 0 amide bonds. The van der Waals surface area contributed by atoms with Crippen molar-refractivity contribution < 1.29 is 9.47 Å². The van der Waals surface area contributed by atoms with Crippen molar-refractivity contribution in [3.8, 4) is 11.5 Å². The van der Waals surface area contributed by atoms with Crippen molar-refractivity contribution >= 4 is 0 Å². The lowest BCUT2D eigenvalue weighted by Gasteiger charge is -2.33. The highest BCUT2D eigenvalue weighted by molar-refractivity contribution is 5.44. The van der Waals surface area contributed by atoms with Crippen LogP contribution in [0.1, 0.15) is 32.8 Å². The summed E-state index contributed by atoms with van der Waals surface area (Å²) in [5, 5.41) is 3.69. The van der Waals surface area contributed by atoms with Gasteiger partial charge in [-0.1, -0.05) is 26.8 Å². The fourth-order valence-electron chi connectivity index (χ4n) is 3.01. The summed E-state index contributed by atoms with van der Waals surface area (Å²) < 4.78 is 10.9. The maximum Gasteiger partial charge on any atom is 0.231 e. The predicted molar refractivity (Wildman–Crippen MR) is 83.7 cm³/mol. The third-order valence-corrected chi connectivity index (χ3v) is 4.37. The van der Waals surface area contributed by atoms with Crippen molar-refractivity contribution in [2.45, 2.75) is 39.8 Å². The molecule has 4 heteroatoms. The summed E-state index contributed by atoms with van der Waals surface area (Å²) in [6.45, 7) is 11.6. The molecule has 0 aliphatic carbocycles. The monoisotopic (exact) mass is 290 g/mol. The van der Waals surface area contributed by atoms with Crippen LogP contribution >= 0.6 is 0 Å². The first-order chi connectivity index (χ1) is 10.0. The summed E-state index contributed by atoms with van der Waals surface area (Å²) in [5.74, 6) is 1.75. The summed E-state index contributed by atoms with van der Waals surface area (Å²) in [5.41, 5.74) is 1.59. The van der Waals surface area contributed by atoms with E-state index in [1.54, 1.807) is 0 Å². The van der Waals surface area contributed by atoms with Crippen LogP contribution in [0.2, 0.25) is 0 Å². The summed E-state index contributed by atoms with van der Waals surface area (Å²) in [6, 6.07) is 6.83. The van der Waals surface area contributed by atoms with E-state index in [1.807, 2.05) is 6.07 Å². The van der Waals surface area contributed by atoms with E-state index in [0.29, 0.717) is 12.8 Å². The average molecular weight is 290 g/mol. The molecule has 1 atom stereocenters. The van der Waals surface area contributed by atoms with Gasteiger partial charge in [0.25, 0.3) is 0 Å². The Kier molecular flexibility index (Phi) is 4.09. The Bertz CT molecular complexity index is 496. The highest BCUT2D eigenvalue weighted by atomic mass is 16.7. The normalized spacial score (nSPS) is 23.1. The lowest BCUT2D eigenvalue weighted by molar-refractivity contribution is 0.173. The van der Waals surface area contributed by atoms with E-state index in [4.69, 9.17) is 9.47 Å². The molecule has 2 aliphatic rings. The molecule has 2 aliphatic heterocycles. The second-order valence-electron chi connectivity index (χ2n) is 7.15. The Labute approximate surface area is 127 Å². The van der Waals surface area contributed by atoms with Gasteiger partial charge in [-0.2, -0.15) is 0 Å². The molecule has 0 radical (unpaired) electrons. The van der Waals surface area contributed by atoms with E-state index in [2.05, 4.69) is 43.1 Å². The maximum atomic E-state index is 5.48. The summed E-state index contributed by atoms with van der Waals surface area (Å²) in [7, 11) is 0. The third kappa shape index (κ3) is 3.50. The van der Waals surface area contributed by atoms with E-state index >= 15 is 0 Å². The van der Waals surface area contributed by atoms with E-state index in [0.717, 1.165) is 37.7 Å². The number of benzene rings is 1. The molecule has 1 aromatic carbocycles. The Morgan fingerprint density at radius 3 is 2.86 bits per heavy atom. The number of hydrogen-bond acceptors (Lipinski definition) is 4. The molecule has 1 aromatic rings. The molecular weight excluding hydrogens is 264 g/mol. The zero-order valence-corrected chi connectivity index (χ0v) is 13.3. The fraction of sp³-hybridized carbons (Fsp3) is 0.647. The van der Waals surface area contributed by atoms with Gasteiger partial charge < -0.3 is 14.8 Å². The summed E-state index contributed by atoms with van der Waals surface area (Å²) in [4.78, 5) is 2.55. The molecule has 116 valence electrons. The van der Waals surface area contributed by atoms with Crippen molar-refractivity contribution in [2.75, 3.05) is 26.4 Å². The van der Waals surface area contributed by atoms with Gasteiger partial charge in [0.15, 0.2) is 11.5 Å². The number of fused-ring (bicyclic) bond motifs is 1. The van der Waals surface area contributed by atoms with E-state index in [-0.39, 0.29) is 5.41 Å². The van der Waals surface area contributed by atoms with Gasteiger partial charge in [0.1, 0.15) is 0 Å². The van der Waals surface area contributed by atoms with Crippen LogP contribution in [0.3, 0.4) is 0 Å². The van der Waals surface area contributed by atoms with Gasteiger partial charge in [0.2, 0.25) is 6.79 Å². The molecule has 0 saturated carbocycles. The maximum absolute atomic E-state index is 5.48. The van der Waals surface area contributed by atoms with Crippen molar-refractivity contribution in [1.82, 2.24) is 10.2 Å². The number of rotatable bonds is 2. The summed E-state index contributed by atoms with van der Waals surface area (Å²) in [6.07, 6.45) is 1.21. The van der Waals surface area contributed by atoms with Crippen molar-refractivity contribution in [2.24, 2.45) is 5.41 Å². The predicted octanol–water partition coefficient (Wildman–Crippen LogP) is 2.63. The third-order valence-electron chi connectivity index (χ3n) is 4.37. The molecule has 1 fully saturated rings. The van der Waals surface area contributed by atoms with Crippen molar-refractivity contribution in [3.05, 3.63) is 23.8 Å². The topological polar surface area (TPSA) is 33.7 Å². The molecule has 0 spiro atoms. The SMILES string of the molecule is CC(C)(C)C1CN(Cc2ccc3c(c2)OCO3)CCCN1. The quantitative estimate of drug-likeness (QED) is 0.908. The molecule has 4 nitrogen and oxygen atoms in total. The van der Waals surface area contributed by atoms with Gasteiger partial charge in [-0.15, -0.1) is 0 Å². The summed E-state index contributed by atoms with van der Waals surface area (Å²) >= 11 is 0. The van der Waals surface area contributed by atoms with Crippen molar-refractivity contribution in [3.63, 3.8) is 0 Å². The molecule has 1 unspecified atom stereocenters. The first-order valence-corrected chi connectivity index (χ1v) is 7.87. The van der Waals surface area contributed by atoms with Crippen LogP contribution in [0, 0.1) is 5.41 Å². The van der Waals surface area contributed by atoms with Gasteiger partial charge >= 0.3 is 0 Å². The minimum absolute atomic E-state index is 0.289. The van der Waals surface area contributed by atoms with E-state index in [1.165, 1.54) is 12.0 Å². The largest absolute Gasteiger partial charge is 0.454 e. The number of nitrogens with one attached hydrogen (secondary N) is 1. The Hall–Kier alpha value is -1.26. The average Bonchev–Trinajstić information content (AvgIpc) is 2.75. The van der Waals surface area contributed by atoms with Gasteiger partial charge in [0, 0.05) is 19.1 Å². The second kappa shape index (κ2) is 5.85. The smallest absolute Gasteiger partial charge is 0.231 e. The lowest BCUT2D eigenvalue weighted by atomic mass is 9.86. The molecule has 0 bridgehead atoms. The highest BCUT2D eigenvalue weighted by Crippen LogP contribution is 2.33. The van der Waals surface area contributed by atoms with Crippen LogP contribution in [0.4, 0.5) is 0 Å². The molecular formula is C17H26N2O2. The first kappa shape index (κ1) is 14.7. The lowest BCUT2D eigenvalue weighted by Crippen LogP contribution is -2.46. The molecule has 2 heterocycles. The standard InChI is InChI=1S/C17H26N2O2/c1-17(2,3)16-11-19(8-4-7-18-16)10-13-5-6-14-15(9-13)21-12-20-14/h5-6,9,16,18H,4,7-8,10-12H2,1-3H3. The van der Waals surface area contributed by atoms with E-state index in [9.17, 15) is 0 Å².